The van der Waals surface area contributed by atoms with Gasteiger partial charge in [-0.05, 0) is 68.9 Å². The zero-order chi connectivity index (χ0) is 24.4. The molecule has 4 atom stereocenters. The number of hydrogen-bond donors (Lipinski definition) is 1. The van der Waals surface area contributed by atoms with E-state index in [0.717, 1.165) is 16.5 Å². The maximum absolute atomic E-state index is 15.7. The summed E-state index contributed by atoms with van der Waals surface area (Å²) in [4.78, 5) is 17.1. The number of methoxy groups -OCH3 is 1. The Balaban J connectivity index is 1.63. The van der Waals surface area contributed by atoms with Crippen molar-refractivity contribution in [1.29, 1.82) is 0 Å². The Morgan fingerprint density at radius 1 is 1.21 bits per heavy atom. The highest BCUT2D eigenvalue weighted by molar-refractivity contribution is 5.85. The standard InChI is InChI=1S/C27H29F3N2O2/c1-14-9-18-16-7-5-6-8-22(16)31-24(18)25(32(14)13-27(2,3)30)23-20(28)10-15(11-21(23)29)17-12-19(17)26(33)34-4/h5-8,10-11,14,17,19,25,31H,9,12-13H2,1-4H3/t14-,17?,19?,25-/m1/s1. The Morgan fingerprint density at radius 2 is 1.88 bits per heavy atom. The molecule has 3 aromatic rings. The van der Waals surface area contributed by atoms with Crippen LogP contribution in [0.4, 0.5) is 13.2 Å². The number of para-hydroxylation sites is 1. The number of fused-ring (bicyclic) bond motifs is 3. The van der Waals surface area contributed by atoms with E-state index in [1.807, 2.05) is 36.1 Å². The van der Waals surface area contributed by atoms with Crippen molar-refractivity contribution in [2.75, 3.05) is 13.7 Å². The lowest BCUT2D eigenvalue weighted by molar-refractivity contribution is -0.142. The van der Waals surface area contributed by atoms with Gasteiger partial charge in [0.25, 0.3) is 0 Å². The summed E-state index contributed by atoms with van der Waals surface area (Å²) in [6.07, 6.45) is 1.16. The minimum atomic E-state index is -1.55. The fourth-order valence-corrected chi connectivity index (χ4v) is 5.55. The van der Waals surface area contributed by atoms with Crippen LogP contribution in [0.5, 0.6) is 0 Å². The average Bonchev–Trinajstić information content (AvgIpc) is 3.49. The molecule has 1 fully saturated rings. The number of esters is 1. The van der Waals surface area contributed by atoms with Crippen LogP contribution in [-0.4, -0.2) is 41.2 Å². The fourth-order valence-electron chi connectivity index (χ4n) is 5.55. The molecule has 0 bridgehead atoms. The third-order valence-electron chi connectivity index (χ3n) is 7.17. The molecule has 0 spiro atoms. The van der Waals surface area contributed by atoms with E-state index in [9.17, 15) is 9.18 Å². The number of ether oxygens (including phenoxy) is 1. The second kappa shape index (κ2) is 8.15. The number of hydrogen-bond acceptors (Lipinski definition) is 3. The van der Waals surface area contributed by atoms with Gasteiger partial charge in [0.15, 0.2) is 0 Å². The molecular formula is C27H29F3N2O2. The number of nitrogens with zero attached hydrogens (tertiary/aromatic N) is 1. The molecule has 180 valence electrons. The molecule has 1 N–H and O–H groups in total. The first-order valence-corrected chi connectivity index (χ1v) is 11.7. The van der Waals surface area contributed by atoms with Crippen LogP contribution < -0.4 is 0 Å². The Hall–Kier alpha value is -2.80. The van der Waals surface area contributed by atoms with E-state index in [-0.39, 0.29) is 36.0 Å². The lowest BCUT2D eigenvalue weighted by Crippen LogP contribution is -2.48. The molecule has 5 rings (SSSR count). The molecule has 2 aliphatic rings. The quantitative estimate of drug-likeness (QED) is 0.479. The Labute approximate surface area is 197 Å². The van der Waals surface area contributed by atoms with E-state index >= 15 is 8.78 Å². The van der Waals surface area contributed by atoms with Crippen molar-refractivity contribution < 1.29 is 22.7 Å². The maximum Gasteiger partial charge on any atom is 0.309 e. The Kier molecular flexibility index (Phi) is 5.51. The maximum atomic E-state index is 15.7. The van der Waals surface area contributed by atoms with Gasteiger partial charge in [0.05, 0.1) is 19.1 Å². The first kappa shape index (κ1) is 23.0. The van der Waals surface area contributed by atoms with Gasteiger partial charge in [-0.3, -0.25) is 9.69 Å². The first-order chi connectivity index (χ1) is 16.1. The topological polar surface area (TPSA) is 45.3 Å². The zero-order valence-corrected chi connectivity index (χ0v) is 19.8. The second-order valence-corrected chi connectivity index (χ2v) is 10.3. The molecule has 0 amide bonds. The first-order valence-electron chi connectivity index (χ1n) is 11.7. The summed E-state index contributed by atoms with van der Waals surface area (Å²) in [5, 5.41) is 1.02. The number of carbonyl (C=O) groups is 1. The number of benzene rings is 2. The molecule has 1 aromatic heterocycles. The van der Waals surface area contributed by atoms with E-state index in [2.05, 4.69) is 4.98 Å². The molecule has 2 aromatic carbocycles. The molecule has 0 radical (unpaired) electrons. The van der Waals surface area contributed by atoms with E-state index in [1.54, 1.807) is 0 Å². The summed E-state index contributed by atoms with van der Waals surface area (Å²) in [6, 6.07) is 9.51. The normalized spacial score (nSPS) is 24.8. The number of aromatic amines is 1. The number of H-pyrrole nitrogens is 1. The number of nitrogens with one attached hydrogen (secondary N) is 1. The molecule has 1 aliphatic carbocycles. The number of halogens is 3. The molecule has 1 aliphatic heterocycles. The SMILES string of the molecule is COC(=O)C1CC1c1cc(F)c([C@@H]2c3[nH]c4ccccc4c3C[C@@H](C)N2CC(C)(C)F)c(F)c1. The summed E-state index contributed by atoms with van der Waals surface area (Å²) < 4.78 is 51.0. The average molecular weight is 471 g/mol. The van der Waals surface area contributed by atoms with Gasteiger partial charge >= 0.3 is 5.97 Å². The van der Waals surface area contributed by atoms with Gasteiger partial charge < -0.3 is 9.72 Å². The predicted octanol–water partition coefficient (Wildman–Crippen LogP) is 5.81. The minimum Gasteiger partial charge on any atom is -0.469 e. The number of alkyl halides is 1. The van der Waals surface area contributed by atoms with Crippen molar-refractivity contribution in [2.24, 2.45) is 5.92 Å². The van der Waals surface area contributed by atoms with Crippen molar-refractivity contribution >= 4 is 16.9 Å². The highest BCUT2D eigenvalue weighted by Gasteiger charge is 2.46. The van der Waals surface area contributed by atoms with Crippen LogP contribution in [0.1, 0.15) is 61.5 Å². The lowest BCUT2D eigenvalue weighted by Gasteiger charge is -2.43. The van der Waals surface area contributed by atoms with Crippen LogP contribution in [-0.2, 0) is 16.0 Å². The van der Waals surface area contributed by atoms with Gasteiger partial charge in [0.1, 0.15) is 17.3 Å². The molecule has 2 heterocycles. The zero-order valence-electron chi connectivity index (χ0n) is 19.8. The van der Waals surface area contributed by atoms with Gasteiger partial charge in [0, 0.05) is 34.7 Å². The van der Waals surface area contributed by atoms with Gasteiger partial charge in [-0.2, -0.15) is 0 Å². The Bertz CT molecular complexity index is 1240. The monoisotopic (exact) mass is 470 g/mol. The van der Waals surface area contributed by atoms with E-state index < -0.39 is 23.3 Å². The van der Waals surface area contributed by atoms with Crippen molar-refractivity contribution in [2.45, 2.75) is 57.3 Å². The van der Waals surface area contributed by atoms with E-state index in [4.69, 9.17) is 4.74 Å². The lowest BCUT2D eigenvalue weighted by atomic mass is 9.86. The van der Waals surface area contributed by atoms with Crippen molar-refractivity contribution in [3.63, 3.8) is 0 Å². The molecule has 7 heteroatoms. The predicted molar refractivity (Wildman–Crippen MR) is 124 cm³/mol. The summed E-state index contributed by atoms with van der Waals surface area (Å²) in [6.45, 7) is 4.96. The van der Waals surface area contributed by atoms with E-state index in [0.29, 0.717) is 24.1 Å². The van der Waals surface area contributed by atoms with Crippen LogP contribution >= 0.6 is 0 Å². The van der Waals surface area contributed by atoms with Gasteiger partial charge in [-0.15, -0.1) is 0 Å². The van der Waals surface area contributed by atoms with Gasteiger partial charge in [0.2, 0.25) is 0 Å². The van der Waals surface area contributed by atoms with Gasteiger partial charge in [-0.1, -0.05) is 18.2 Å². The van der Waals surface area contributed by atoms with Crippen LogP contribution in [0, 0.1) is 17.6 Å². The molecule has 1 saturated carbocycles. The highest BCUT2D eigenvalue weighted by atomic mass is 19.1. The minimum absolute atomic E-state index is 0.0291. The fraction of sp³-hybridized carbons (Fsp3) is 0.444. The molecule has 34 heavy (non-hydrogen) atoms. The van der Waals surface area contributed by atoms with Crippen LogP contribution in [0.2, 0.25) is 0 Å². The molecular weight excluding hydrogens is 441 g/mol. The molecule has 2 unspecified atom stereocenters. The largest absolute Gasteiger partial charge is 0.469 e. The Morgan fingerprint density at radius 3 is 2.53 bits per heavy atom. The summed E-state index contributed by atoms with van der Waals surface area (Å²) >= 11 is 0. The summed E-state index contributed by atoms with van der Waals surface area (Å²) in [7, 11) is 1.31. The van der Waals surface area contributed by atoms with Crippen molar-refractivity contribution in [1.82, 2.24) is 9.88 Å². The van der Waals surface area contributed by atoms with E-state index in [1.165, 1.54) is 33.1 Å². The summed E-state index contributed by atoms with van der Waals surface area (Å²) in [5.74, 6) is -2.35. The van der Waals surface area contributed by atoms with Crippen LogP contribution in [0.3, 0.4) is 0 Å². The third-order valence-corrected chi connectivity index (χ3v) is 7.17. The smallest absolute Gasteiger partial charge is 0.309 e. The molecule has 0 saturated heterocycles. The van der Waals surface area contributed by atoms with Crippen molar-refractivity contribution in [3.05, 3.63) is 70.4 Å². The summed E-state index contributed by atoms with van der Waals surface area (Å²) in [5.41, 5.74) is 1.41. The highest BCUT2D eigenvalue weighted by Crippen LogP contribution is 2.50. The van der Waals surface area contributed by atoms with Gasteiger partial charge in [-0.25, -0.2) is 13.2 Å². The molecule has 4 nitrogen and oxygen atoms in total. The number of rotatable bonds is 5. The van der Waals surface area contributed by atoms with Crippen LogP contribution in [0.15, 0.2) is 36.4 Å². The number of aromatic nitrogens is 1. The third kappa shape index (κ3) is 3.90. The van der Waals surface area contributed by atoms with Crippen molar-refractivity contribution in [3.8, 4) is 0 Å². The van der Waals surface area contributed by atoms with Crippen LogP contribution in [0.25, 0.3) is 10.9 Å². The second-order valence-electron chi connectivity index (χ2n) is 10.3. The number of carbonyl (C=O) groups excluding carboxylic acids is 1.